The van der Waals surface area contributed by atoms with Crippen molar-refractivity contribution in [1.82, 2.24) is 5.32 Å². The molecular formula is C32H48N2O2. The number of benzene rings is 2. The van der Waals surface area contributed by atoms with Gasteiger partial charge in [-0.1, -0.05) is 128 Å². The van der Waals surface area contributed by atoms with Gasteiger partial charge in [-0.3, -0.25) is 4.79 Å². The van der Waals surface area contributed by atoms with E-state index >= 15 is 0 Å². The summed E-state index contributed by atoms with van der Waals surface area (Å²) in [5.41, 5.74) is 1.57. The zero-order valence-corrected chi connectivity index (χ0v) is 22.7. The number of amides is 1. The summed E-state index contributed by atoms with van der Waals surface area (Å²) in [5, 5.41) is 12.7. The molecule has 2 aromatic rings. The lowest BCUT2D eigenvalue weighted by atomic mass is 9.94. The fourth-order valence-electron chi connectivity index (χ4n) is 4.62. The van der Waals surface area contributed by atoms with Crippen LogP contribution in [-0.2, 0) is 4.79 Å². The lowest BCUT2D eigenvalue weighted by molar-refractivity contribution is -0.124. The molecule has 1 atom stereocenters. The predicted octanol–water partition coefficient (Wildman–Crippen LogP) is 9.09. The highest BCUT2D eigenvalue weighted by molar-refractivity contribution is 6.09. The molecule has 0 aliphatic rings. The van der Waals surface area contributed by atoms with Crippen molar-refractivity contribution in [3.05, 3.63) is 60.2 Å². The van der Waals surface area contributed by atoms with E-state index in [0.717, 1.165) is 31.2 Å². The second-order valence-corrected chi connectivity index (χ2v) is 10.00. The van der Waals surface area contributed by atoms with Crippen molar-refractivity contribution in [1.29, 1.82) is 0 Å². The molecule has 2 rings (SSSR count). The van der Waals surface area contributed by atoms with Crippen LogP contribution >= 0.6 is 0 Å². The van der Waals surface area contributed by atoms with Gasteiger partial charge < -0.3 is 10.4 Å². The summed E-state index contributed by atoms with van der Waals surface area (Å²) in [4.78, 5) is 18.0. The zero-order chi connectivity index (χ0) is 25.8. The number of carbonyl (C=O) groups excluding carboxylic acids is 1. The molecule has 0 radical (unpaired) electrons. The van der Waals surface area contributed by atoms with Crippen LogP contribution in [0.4, 0.5) is 5.69 Å². The first-order valence-corrected chi connectivity index (χ1v) is 14.4. The van der Waals surface area contributed by atoms with Gasteiger partial charge in [0.25, 0.3) is 0 Å². The Balaban J connectivity index is 1.80. The molecule has 0 heterocycles. The topological polar surface area (TPSA) is 61.7 Å². The van der Waals surface area contributed by atoms with Gasteiger partial charge in [-0.2, -0.15) is 0 Å². The Morgan fingerprint density at radius 2 is 1.28 bits per heavy atom. The van der Waals surface area contributed by atoms with Crippen LogP contribution in [0.15, 0.2) is 59.6 Å². The Labute approximate surface area is 219 Å². The maximum Gasteiger partial charge on any atom is 0.228 e. The summed E-state index contributed by atoms with van der Waals surface area (Å²) in [6, 6.07) is 16.5. The van der Waals surface area contributed by atoms with E-state index in [1.165, 1.54) is 70.6 Å². The van der Waals surface area contributed by atoms with Crippen LogP contribution in [0.25, 0.3) is 0 Å². The number of amidine groups is 1. The first-order valence-electron chi connectivity index (χ1n) is 14.4. The van der Waals surface area contributed by atoms with E-state index in [1.54, 1.807) is 24.3 Å². The Bertz CT molecular complexity index is 861. The molecule has 1 amide bonds. The number of aromatic hydroxyl groups is 1. The van der Waals surface area contributed by atoms with Crippen LogP contribution in [0.3, 0.4) is 0 Å². The van der Waals surface area contributed by atoms with E-state index in [4.69, 9.17) is 4.99 Å². The Morgan fingerprint density at radius 1 is 0.722 bits per heavy atom. The van der Waals surface area contributed by atoms with Crippen LogP contribution in [0, 0.1) is 5.92 Å². The van der Waals surface area contributed by atoms with Crippen molar-refractivity contribution in [3.63, 3.8) is 0 Å². The van der Waals surface area contributed by atoms with Crippen LogP contribution in [0.5, 0.6) is 5.75 Å². The van der Waals surface area contributed by atoms with Crippen LogP contribution < -0.4 is 5.32 Å². The SMILES string of the molecule is CCCCCCCCCCCCCCC(CCC)C(=O)NC(=Nc1ccc(O)cc1)c1ccccc1. The average molecular weight is 493 g/mol. The lowest BCUT2D eigenvalue weighted by Gasteiger charge is -2.17. The lowest BCUT2D eigenvalue weighted by Crippen LogP contribution is -2.36. The first-order chi connectivity index (χ1) is 17.6. The maximum atomic E-state index is 13.3. The summed E-state index contributed by atoms with van der Waals surface area (Å²) in [5.74, 6) is 0.819. The molecule has 198 valence electrons. The van der Waals surface area contributed by atoms with Crippen molar-refractivity contribution >= 4 is 17.4 Å². The van der Waals surface area contributed by atoms with Crippen molar-refractivity contribution in [2.45, 2.75) is 110 Å². The number of phenolic OH excluding ortho intramolecular Hbond substituents is 1. The van der Waals surface area contributed by atoms with Gasteiger partial charge in [0, 0.05) is 11.5 Å². The molecule has 36 heavy (non-hydrogen) atoms. The number of aliphatic imine (C=N–C) groups is 1. The van der Waals surface area contributed by atoms with Crippen molar-refractivity contribution in [3.8, 4) is 5.75 Å². The molecule has 4 nitrogen and oxygen atoms in total. The fraction of sp³-hybridized carbons (Fsp3) is 0.562. The van der Waals surface area contributed by atoms with E-state index in [0.29, 0.717) is 11.5 Å². The molecule has 1 unspecified atom stereocenters. The highest BCUT2D eigenvalue weighted by Crippen LogP contribution is 2.20. The van der Waals surface area contributed by atoms with E-state index in [2.05, 4.69) is 19.2 Å². The highest BCUT2D eigenvalue weighted by atomic mass is 16.3. The van der Waals surface area contributed by atoms with Crippen LogP contribution in [0.1, 0.15) is 116 Å². The summed E-state index contributed by atoms with van der Waals surface area (Å²) < 4.78 is 0. The van der Waals surface area contributed by atoms with Crippen molar-refractivity contribution < 1.29 is 9.90 Å². The third-order valence-electron chi connectivity index (χ3n) is 6.79. The number of hydrogen-bond donors (Lipinski definition) is 2. The molecule has 0 bridgehead atoms. The normalized spacial score (nSPS) is 12.4. The number of phenols is 1. The fourth-order valence-corrected chi connectivity index (χ4v) is 4.62. The third kappa shape index (κ3) is 12.4. The summed E-state index contributed by atoms with van der Waals surface area (Å²) in [6.45, 7) is 4.41. The van der Waals surface area contributed by atoms with Crippen molar-refractivity contribution in [2.75, 3.05) is 0 Å². The molecule has 2 aromatic carbocycles. The number of nitrogens with one attached hydrogen (secondary N) is 1. The number of carbonyl (C=O) groups is 1. The Morgan fingerprint density at radius 3 is 1.83 bits per heavy atom. The smallest absolute Gasteiger partial charge is 0.228 e. The summed E-state index contributed by atoms with van der Waals surface area (Å²) in [7, 11) is 0. The maximum absolute atomic E-state index is 13.3. The quantitative estimate of drug-likeness (QED) is 0.124. The largest absolute Gasteiger partial charge is 0.508 e. The van der Waals surface area contributed by atoms with Crippen molar-refractivity contribution in [2.24, 2.45) is 10.9 Å². The summed E-state index contributed by atoms with van der Waals surface area (Å²) in [6.07, 6.45) is 18.7. The molecule has 0 spiro atoms. The number of nitrogens with zero attached hydrogens (tertiary/aromatic N) is 1. The van der Waals surface area contributed by atoms with Gasteiger partial charge in [0.05, 0.1) is 5.69 Å². The van der Waals surface area contributed by atoms with E-state index in [1.807, 2.05) is 30.3 Å². The summed E-state index contributed by atoms with van der Waals surface area (Å²) >= 11 is 0. The Hall–Kier alpha value is -2.62. The molecule has 0 aliphatic heterocycles. The molecule has 0 aliphatic carbocycles. The average Bonchev–Trinajstić information content (AvgIpc) is 2.90. The molecule has 2 N–H and O–H groups in total. The second kappa shape index (κ2) is 18.6. The molecule has 0 fully saturated rings. The highest BCUT2D eigenvalue weighted by Gasteiger charge is 2.19. The molecular weight excluding hydrogens is 444 g/mol. The molecule has 0 saturated heterocycles. The molecule has 0 aromatic heterocycles. The second-order valence-electron chi connectivity index (χ2n) is 10.00. The first kappa shape index (κ1) is 29.6. The van der Waals surface area contributed by atoms with Gasteiger partial charge in [-0.05, 0) is 37.1 Å². The Kier molecular flexibility index (Phi) is 15.3. The standard InChI is InChI=1S/C32H48N2O2/c1-3-5-6-7-8-9-10-11-12-13-14-16-22-28(19-4-2)32(36)34-31(27-20-17-15-18-21-27)33-29-23-25-30(35)26-24-29/h15,17-18,20-21,23-26,28,35H,3-14,16,19,22H2,1-2H3,(H,33,34,36). The van der Waals surface area contributed by atoms with Gasteiger partial charge >= 0.3 is 0 Å². The minimum atomic E-state index is 0.00634. The van der Waals surface area contributed by atoms with Crippen LogP contribution in [0.2, 0.25) is 0 Å². The van der Waals surface area contributed by atoms with E-state index in [9.17, 15) is 9.90 Å². The monoisotopic (exact) mass is 492 g/mol. The zero-order valence-electron chi connectivity index (χ0n) is 22.7. The van der Waals surface area contributed by atoms with E-state index < -0.39 is 0 Å². The van der Waals surface area contributed by atoms with Gasteiger partial charge in [-0.15, -0.1) is 0 Å². The van der Waals surface area contributed by atoms with Gasteiger partial charge in [0.1, 0.15) is 11.6 Å². The van der Waals surface area contributed by atoms with Gasteiger partial charge in [0.2, 0.25) is 5.91 Å². The predicted molar refractivity (Wildman–Crippen MR) is 153 cm³/mol. The molecule has 4 heteroatoms. The minimum absolute atomic E-state index is 0.00634. The van der Waals surface area contributed by atoms with E-state index in [-0.39, 0.29) is 17.6 Å². The van der Waals surface area contributed by atoms with Gasteiger partial charge in [-0.25, -0.2) is 4.99 Å². The van der Waals surface area contributed by atoms with Gasteiger partial charge in [0.15, 0.2) is 0 Å². The number of unbranched alkanes of at least 4 members (excludes halogenated alkanes) is 11. The minimum Gasteiger partial charge on any atom is -0.508 e. The number of hydrogen-bond acceptors (Lipinski definition) is 3. The molecule has 0 saturated carbocycles. The van der Waals surface area contributed by atoms with Crippen LogP contribution in [-0.4, -0.2) is 16.8 Å². The number of rotatable bonds is 18. The third-order valence-corrected chi connectivity index (χ3v) is 6.79.